The van der Waals surface area contributed by atoms with E-state index in [0.717, 1.165) is 11.4 Å². The average Bonchev–Trinajstić information content (AvgIpc) is 2.68. The summed E-state index contributed by atoms with van der Waals surface area (Å²) in [4.78, 5) is 12.1. The van der Waals surface area contributed by atoms with E-state index in [1.807, 2.05) is 13.0 Å². The van der Waals surface area contributed by atoms with E-state index in [0.29, 0.717) is 5.56 Å². The van der Waals surface area contributed by atoms with Crippen LogP contribution in [0.15, 0.2) is 24.3 Å². The van der Waals surface area contributed by atoms with E-state index < -0.39 is 5.82 Å². The number of aryl methyl sites for hydroxylation is 2. The molecule has 0 spiro atoms. The summed E-state index contributed by atoms with van der Waals surface area (Å²) < 4.78 is 19.8. The molecule has 4 nitrogen and oxygen atoms in total. The van der Waals surface area contributed by atoms with Crippen molar-refractivity contribution in [3.05, 3.63) is 47.0 Å². The Labute approximate surface area is 110 Å². The minimum atomic E-state index is -0.476. The smallest absolute Gasteiger partial charge is 0.168 e. The number of ether oxygens (including phenoxy) is 1. The molecule has 1 heterocycles. The highest BCUT2D eigenvalue weighted by Crippen LogP contribution is 2.19. The fraction of sp³-hybridized carbons (Fsp3) is 0.286. The molecule has 1 aromatic carbocycles. The molecule has 2 rings (SSSR count). The number of Topliss-reactive ketones (excluding diaryl/α,β-unsaturated/α-hetero) is 1. The van der Waals surface area contributed by atoms with Gasteiger partial charge in [0.15, 0.2) is 17.3 Å². The Morgan fingerprint density at radius 3 is 2.74 bits per heavy atom. The molecule has 0 bridgehead atoms. The lowest BCUT2D eigenvalue weighted by Crippen LogP contribution is -2.08. The van der Waals surface area contributed by atoms with Gasteiger partial charge >= 0.3 is 0 Å². The number of benzene rings is 1. The van der Waals surface area contributed by atoms with Crippen LogP contribution in [0.4, 0.5) is 4.39 Å². The molecule has 5 heteroatoms. The lowest BCUT2D eigenvalue weighted by atomic mass is 10.1. The second kappa shape index (κ2) is 5.22. The minimum absolute atomic E-state index is 0.0760. The summed E-state index contributed by atoms with van der Waals surface area (Å²) in [6.07, 6.45) is 0.228. The van der Waals surface area contributed by atoms with Gasteiger partial charge in [0.25, 0.3) is 0 Å². The first-order valence-electron chi connectivity index (χ1n) is 5.87. The van der Waals surface area contributed by atoms with Crippen molar-refractivity contribution < 1.29 is 13.9 Å². The van der Waals surface area contributed by atoms with E-state index in [1.54, 1.807) is 11.7 Å². The van der Waals surface area contributed by atoms with Gasteiger partial charge in [0, 0.05) is 18.3 Å². The molecule has 0 saturated carbocycles. The van der Waals surface area contributed by atoms with E-state index >= 15 is 0 Å². The maximum absolute atomic E-state index is 13.3. The number of halogens is 1. The largest absolute Gasteiger partial charge is 0.494 e. The Bertz CT molecular complexity index is 620. The molecule has 0 N–H and O–H groups in total. The zero-order valence-electron chi connectivity index (χ0n) is 11.1. The molecule has 0 aliphatic carbocycles. The summed E-state index contributed by atoms with van der Waals surface area (Å²) in [6, 6.07) is 5.98. The number of rotatable bonds is 4. The quantitative estimate of drug-likeness (QED) is 0.794. The first-order chi connectivity index (χ1) is 9.01. The molecule has 2 aromatic rings. The molecule has 0 radical (unpaired) electrons. The van der Waals surface area contributed by atoms with Crippen LogP contribution in [0.2, 0.25) is 0 Å². The molecule has 0 amide bonds. The van der Waals surface area contributed by atoms with Gasteiger partial charge in [-0.15, -0.1) is 0 Å². The third-order valence-corrected chi connectivity index (χ3v) is 2.91. The first-order valence-corrected chi connectivity index (χ1v) is 5.87. The van der Waals surface area contributed by atoms with Gasteiger partial charge < -0.3 is 4.74 Å². The van der Waals surface area contributed by atoms with Crippen LogP contribution in [0.5, 0.6) is 5.75 Å². The summed E-state index contributed by atoms with van der Waals surface area (Å²) >= 11 is 0. The van der Waals surface area contributed by atoms with Crippen molar-refractivity contribution in [2.45, 2.75) is 13.3 Å². The zero-order chi connectivity index (χ0) is 14.0. The van der Waals surface area contributed by atoms with Gasteiger partial charge in [-0.05, 0) is 31.2 Å². The molecule has 0 saturated heterocycles. The van der Waals surface area contributed by atoms with E-state index in [1.165, 1.54) is 25.3 Å². The van der Waals surface area contributed by atoms with E-state index in [4.69, 9.17) is 4.74 Å². The normalized spacial score (nSPS) is 10.5. The Balaban J connectivity index is 2.23. The highest BCUT2D eigenvalue weighted by molar-refractivity contribution is 5.97. The monoisotopic (exact) mass is 262 g/mol. The standard InChI is InChI=1S/C14H15FN2O2/c1-9-6-11(17(2)16-9)8-13(18)10-4-5-12(15)14(7-10)19-3/h4-7H,8H2,1-3H3. The Hall–Kier alpha value is -2.17. The first kappa shape index (κ1) is 13.3. The van der Waals surface area contributed by atoms with E-state index in [-0.39, 0.29) is 18.0 Å². The van der Waals surface area contributed by atoms with Crippen LogP contribution in [-0.2, 0) is 13.5 Å². The summed E-state index contributed by atoms with van der Waals surface area (Å²) in [6.45, 7) is 1.87. The maximum atomic E-state index is 13.3. The Kier molecular flexibility index (Phi) is 3.64. The SMILES string of the molecule is COc1cc(C(=O)Cc2cc(C)nn2C)ccc1F. The molecule has 19 heavy (non-hydrogen) atoms. The Morgan fingerprint density at radius 1 is 1.42 bits per heavy atom. The third-order valence-electron chi connectivity index (χ3n) is 2.91. The summed E-state index contributed by atoms with van der Waals surface area (Å²) in [7, 11) is 3.16. The highest BCUT2D eigenvalue weighted by atomic mass is 19.1. The van der Waals surface area contributed by atoms with Gasteiger partial charge in [-0.2, -0.15) is 5.10 Å². The van der Waals surface area contributed by atoms with Gasteiger partial charge in [-0.1, -0.05) is 0 Å². The van der Waals surface area contributed by atoms with Gasteiger partial charge in [0.2, 0.25) is 0 Å². The lowest BCUT2D eigenvalue weighted by molar-refractivity contribution is 0.0990. The number of carbonyl (C=O) groups is 1. The number of ketones is 1. The van der Waals surface area contributed by atoms with Crippen molar-refractivity contribution in [1.82, 2.24) is 9.78 Å². The minimum Gasteiger partial charge on any atom is -0.494 e. The molecule has 0 fully saturated rings. The van der Waals surface area contributed by atoms with Crippen LogP contribution in [0, 0.1) is 12.7 Å². The van der Waals surface area contributed by atoms with Crippen LogP contribution in [0.1, 0.15) is 21.7 Å². The summed E-state index contributed by atoms with van der Waals surface area (Å²) in [5.74, 6) is -0.497. The molecule has 0 atom stereocenters. The number of carbonyl (C=O) groups excluding carboxylic acids is 1. The molecule has 0 aliphatic heterocycles. The molecule has 1 aromatic heterocycles. The van der Waals surface area contributed by atoms with Crippen LogP contribution in [0.25, 0.3) is 0 Å². The second-order valence-corrected chi connectivity index (χ2v) is 4.35. The number of methoxy groups -OCH3 is 1. The van der Waals surface area contributed by atoms with E-state index in [2.05, 4.69) is 5.10 Å². The van der Waals surface area contributed by atoms with Crippen LogP contribution >= 0.6 is 0 Å². The summed E-state index contributed by atoms with van der Waals surface area (Å²) in [5, 5.41) is 4.19. The van der Waals surface area contributed by atoms with Crippen molar-refractivity contribution in [1.29, 1.82) is 0 Å². The van der Waals surface area contributed by atoms with Gasteiger partial charge in [-0.25, -0.2) is 4.39 Å². The van der Waals surface area contributed by atoms with E-state index in [9.17, 15) is 9.18 Å². The average molecular weight is 262 g/mol. The highest BCUT2D eigenvalue weighted by Gasteiger charge is 2.13. The zero-order valence-corrected chi connectivity index (χ0v) is 11.1. The number of hydrogen-bond acceptors (Lipinski definition) is 3. The predicted molar refractivity (Wildman–Crippen MR) is 68.9 cm³/mol. The van der Waals surface area contributed by atoms with Crippen LogP contribution < -0.4 is 4.74 Å². The molecule has 0 unspecified atom stereocenters. The molecular formula is C14H15FN2O2. The van der Waals surface area contributed by atoms with Crippen molar-refractivity contribution in [3.63, 3.8) is 0 Å². The topological polar surface area (TPSA) is 44.1 Å². The third kappa shape index (κ3) is 2.81. The summed E-state index contributed by atoms with van der Waals surface area (Å²) in [5.41, 5.74) is 2.12. The van der Waals surface area contributed by atoms with Crippen LogP contribution in [-0.4, -0.2) is 22.7 Å². The Morgan fingerprint density at radius 2 is 2.16 bits per heavy atom. The number of aromatic nitrogens is 2. The molecule has 0 aliphatic rings. The maximum Gasteiger partial charge on any atom is 0.168 e. The van der Waals surface area contributed by atoms with Crippen molar-refractivity contribution in [2.75, 3.05) is 7.11 Å². The van der Waals surface area contributed by atoms with Gasteiger partial charge in [0.1, 0.15) is 0 Å². The van der Waals surface area contributed by atoms with Crippen molar-refractivity contribution in [3.8, 4) is 5.75 Å². The second-order valence-electron chi connectivity index (χ2n) is 4.35. The molecular weight excluding hydrogens is 247 g/mol. The van der Waals surface area contributed by atoms with Gasteiger partial charge in [0.05, 0.1) is 19.2 Å². The van der Waals surface area contributed by atoms with Gasteiger partial charge in [-0.3, -0.25) is 9.48 Å². The number of nitrogens with zero attached hydrogens (tertiary/aromatic N) is 2. The number of hydrogen-bond donors (Lipinski definition) is 0. The molecule has 100 valence electrons. The fourth-order valence-corrected chi connectivity index (χ4v) is 1.93. The fourth-order valence-electron chi connectivity index (χ4n) is 1.93. The lowest BCUT2D eigenvalue weighted by Gasteiger charge is -2.05. The predicted octanol–water partition coefficient (Wildman–Crippen LogP) is 2.30. The van der Waals surface area contributed by atoms with Crippen LogP contribution in [0.3, 0.4) is 0 Å². The van der Waals surface area contributed by atoms with Crippen molar-refractivity contribution >= 4 is 5.78 Å². The van der Waals surface area contributed by atoms with Crippen molar-refractivity contribution in [2.24, 2.45) is 7.05 Å².